The lowest BCUT2D eigenvalue weighted by Crippen LogP contribution is -2.46. The summed E-state index contributed by atoms with van der Waals surface area (Å²) in [5.41, 5.74) is -1.07. The SMILES string of the molecule is CS(=O)(=O)CC1(C(=O)O)CCNCC1. The lowest BCUT2D eigenvalue weighted by molar-refractivity contribution is -0.149. The maximum atomic E-state index is 11.1. The molecular weight excluding hydrogens is 206 g/mol. The Hall–Kier alpha value is -0.620. The first-order chi connectivity index (χ1) is 6.36. The molecule has 0 aliphatic carbocycles. The number of carboxylic acid groups (broad SMARTS) is 1. The highest BCUT2D eigenvalue weighted by molar-refractivity contribution is 7.90. The van der Waals surface area contributed by atoms with Gasteiger partial charge in [0.25, 0.3) is 0 Å². The number of rotatable bonds is 3. The molecule has 14 heavy (non-hydrogen) atoms. The van der Waals surface area contributed by atoms with E-state index in [-0.39, 0.29) is 5.75 Å². The predicted octanol–water partition coefficient (Wildman–Crippen LogP) is -0.515. The Labute approximate surface area is 83.4 Å². The van der Waals surface area contributed by atoms with Crippen molar-refractivity contribution in [3.05, 3.63) is 0 Å². The molecule has 1 saturated heterocycles. The summed E-state index contributed by atoms with van der Waals surface area (Å²) in [7, 11) is -3.24. The lowest BCUT2D eigenvalue weighted by atomic mass is 9.81. The van der Waals surface area contributed by atoms with E-state index in [0.717, 1.165) is 6.26 Å². The summed E-state index contributed by atoms with van der Waals surface area (Å²) in [5.74, 6) is -1.25. The first-order valence-corrected chi connectivity index (χ1v) is 6.54. The van der Waals surface area contributed by atoms with Crippen molar-refractivity contribution in [1.82, 2.24) is 5.32 Å². The van der Waals surface area contributed by atoms with Crippen molar-refractivity contribution in [3.63, 3.8) is 0 Å². The highest BCUT2D eigenvalue weighted by Crippen LogP contribution is 2.30. The molecule has 0 aromatic rings. The Balaban J connectivity index is 2.87. The van der Waals surface area contributed by atoms with Crippen LogP contribution < -0.4 is 5.32 Å². The molecule has 0 saturated carbocycles. The molecule has 0 bridgehead atoms. The molecular formula is C8H15NO4S. The largest absolute Gasteiger partial charge is 0.481 e. The molecule has 0 aromatic heterocycles. The van der Waals surface area contributed by atoms with Gasteiger partial charge in [0.15, 0.2) is 0 Å². The van der Waals surface area contributed by atoms with Crippen molar-refractivity contribution >= 4 is 15.8 Å². The number of carboxylic acids is 1. The van der Waals surface area contributed by atoms with Gasteiger partial charge < -0.3 is 10.4 Å². The fourth-order valence-corrected chi connectivity index (χ4v) is 3.24. The Morgan fingerprint density at radius 1 is 1.43 bits per heavy atom. The van der Waals surface area contributed by atoms with Crippen LogP contribution in [0.25, 0.3) is 0 Å². The Morgan fingerprint density at radius 2 is 1.93 bits per heavy atom. The predicted molar refractivity (Wildman–Crippen MR) is 51.9 cm³/mol. The summed E-state index contributed by atoms with van der Waals surface area (Å²) in [6.07, 6.45) is 1.85. The van der Waals surface area contributed by atoms with E-state index in [1.165, 1.54) is 0 Å². The minimum Gasteiger partial charge on any atom is -0.481 e. The van der Waals surface area contributed by atoms with Crippen LogP contribution in [0.2, 0.25) is 0 Å². The van der Waals surface area contributed by atoms with Gasteiger partial charge in [-0.1, -0.05) is 0 Å². The second-order valence-corrected chi connectivity index (χ2v) is 6.05. The van der Waals surface area contributed by atoms with Crippen molar-refractivity contribution in [2.45, 2.75) is 12.8 Å². The molecule has 1 heterocycles. The highest BCUT2D eigenvalue weighted by atomic mass is 32.2. The topological polar surface area (TPSA) is 83.5 Å². The van der Waals surface area contributed by atoms with Gasteiger partial charge in [-0.2, -0.15) is 0 Å². The van der Waals surface area contributed by atoms with Gasteiger partial charge in [-0.25, -0.2) is 8.42 Å². The van der Waals surface area contributed by atoms with Crippen LogP contribution in [0.15, 0.2) is 0 Å². The van der Waals surface area contributed by atoms with Gasteiger partial charge in [0, 0.05) is 6.26 Å². The summed E-state index contributed by atoms with van der Waals surface area (Å²) in [5, 5.41) is 12.1. The Kier molecular flexibility index (Phi) is 3.16. The second-order valence-electron chi connectivity index (χ2n) is 3.91. The first-order valence-electron chi connectivity index (χ1n) is 4.48. The third-order valence-electron chi connectivity index (χ3n) is 2.55. The van der Waals surface area contributed by atoms with Gasteiger partial charge in [0.2, 0.25) is 0 Å². The number of hydrogen-bond donors (Lipinski definition) is 2. The van der Waals surface area contributed by atoms with E-state index in [1.807, 2.05) is 0 Å². The van der Waals surface area contributed by atoms with Crippen LogP contribution in [0.4, 0.5) is 0 Å². The van der Waals surface area contributed by atoms with Crippen molar-refractivity contribution in [1.29, 1.82) is 0 Å². The van der Waals surface area contributed by atoms with E-state index >= 15 is 0 Å². The van der Waals surface area contributed by atoms with Crippen LogP contribution in [0, 0.1) is 5.41 Å². The third-order valence-corrected chi connectivity index (χ3v) is 3.63. The van der Waals surface area contributed by atoms with Gasteiger partial charge in [-0.3, -0.25) is 4.79 Å². The maximum Gasteiger partial charge on any atom is 0.310 e. The number of aliphatic carboxylic acids is 1. The van der Waals surface area contributed by atoms with E-state index in [4.69, 9.17) is 5.11 Å². The van der Waals surface area contributed by atoms with Crippen LogP contribution in [0.3, 0.4) is 0 Å². The molecule has 6 heteroatoms. The van der Waals surface area contributed by atoms with Gasteiger partial charge in [-0.05, 0) is 25.9 Å². The number of hydrogen-bond acceptors (Lipinski definition) is 4. The van der Waals surface area contributed by atoms with Crippen molar-refractivity contribution in [2.24, 2.45) is 5.41 Å². The number of carbonyl (C=O) groups is 1. The van der Waals surface area contributed by atoms with Crippen molar-refractivity contribution in [3.8, 4) is 0 Å². The molecule has 1 aliphatic heterocycles. The zero-order valence-electron chi connectivity index (χ0n) is 8.12. The number of sulfone groups is 1. The summed E-state index contributed by atoms with van der Waals surface area (Å²) in [6.45, 7) is 1.14. The van der Waals surface area contributed by atoms with Gasteiger partial charge in [-0.15, -0.1) is 0 Å². The minimum atomic E-state index is -3.24. The average Bonchev–Trinajstić information content (AvgIpc) is 2.02. The highest BCUT2D eigenvalue weighted by Gasteiger charge is 2.42. The summed E-state index contributed by atoms with van der Waals surface area (Å²) in [4.78, 5) is 11.1. The summed E-state index contributed by atoms with van der Waals surface area (Å²) in [6, 6.07) is 0. The molecule has 0 aromatic carbocycles. The van der Waals surface area contributed by atoms with E-state index in [2.05, 4.69) is 5.32 Å². The number of nitrogens with one attached hydrogen (secondary N) is 1. The molecule has 0 atom stereocenters. The van der Waals surface area contributed by atoms with E-state index in [0.29, 0.717) is 25.9 Å². The third kappa shape index (κ3) is 2.68. The van der Waals surface area contributed by atoms with Gasteiger partial charge in [0.1, 0.15) is 9.84 Å². The Bertz CT molecular complexity index is 316. The molecule has 1 fully saturated rings. The molecule has 5 nitrogen and oxygen atoms in total. The van der Waals surface area contributed by atoms with Crippen LogP contribution >= 0.6 is 0 Å². The maximum absolute atomic E-state index is 11.1. The average molecular weight is 221 g/mol. The normalized spacial score (nSPS) is 21.8. The fraction of sp³-hybridized carbons (Fsp3) is 0.875. The number of piperidine rings is 1. The molecule has 2 N–H and O–H groups in total. The van der Waals surface area contributed by atoms with Gasteiger partial charge >= 0.3 is 5.97 Å². The van der Waals surface area contributed by atoms with Gasteiger partial charge in [0.05, 0.1) is 11.2 Å². The molecule has 82 valence electrons. The van der Waals surface area contributed by atoms with Crippen LogP contribution in [0.1, 0.15) is 12.8 Å². The first kappa shape index (κ1) is 11.5. The van der Waals surface area contributed by atoms with Crippen LogP contribution in [-0.2, 0) is 14.6 Å². The molecule has 1 aliphatic rings. The monoisotopic (exact) mass is 221 g/mol. The second kappa shape index (κ2) is 3.86. The smallest absolute Gasteiger partial charge is 0.310 e. The molecule has 0 radical (unpaired) electrons. The van der Waals surface area contributed by atoms with Crippen LogP contribution in [0.5, 0.6) is 0 Å². The molecule has 0 spiro atoms. The van der Waals surface area contributed by atoms with Crippen molar-refractivity contribution < 1.29 is 18.3 Å². The Morgan fingerprint density at radius 3 is 2.29 bits per heavy atom. The minimum absolute atomic E-state index is 0.253. The summed E-state index contributed by atoms with van der Waals surface area (Å²) >= 11 is 0. The zero-order valence-corrected chi connectivity index (χ0v) is 8.93. The lowest BCUT2D eigenvalue weighted by Gasteiger charge is -2.32. The van der Waals surface area contributed by atoms with E-state index < -0.39 is 21.2 Å². The van der Waals surface area contributed by atoms with Crippen molar-refractivity contribution in [2.75, 3.05) is 25.1 Å². The fourth-order valence-electron chi connectivity index (χ4n) is 1.83. The molecule has 0 unspecified atom stereocenters. The van der Waals surface area contributed by atoms with E-state index in [1.54, 1.807) is 0 Å². The molecule has 1 rings (SSSR count). The molecule has 0 amide bonds. The van der Waals surface area contributed by atoms with Crippen LogP contribution in [-0.4, -0.2) is 44.6 Å². The standard InChI is InChI=1S/C8H15NO4S/c1-14(12,13)6-8(7(10)11)2-4-9-5-3-8/h9H,2-6H2,1H3,(H,10,11). The van der Waals surface area contributed by atoms with E-state index in [9.17, 15) is 13.2 Å². The quantitative estimate of drug-likeness (QED) is 0.670. The summed E-state index contributed by atoms with van der Waals surface area (Å²) < 4.78 is 22.3. The zero-order chi connectivity index (χ0) is 10.8.